The fourth-order valence-electron chi connectivity index (χ4n) is 1.48. The van der Waals surface area contributed by atoms with Crippen LogP contribution in [0, 0.1) is 0 Å². The van der Waals surface area contributed by atoms with Crippen molar-refractivity contribution >= 4 is 0 Å². The lowest BCUT2D eigenvalue weighted by atomic mass is 10.3. The van der Waals surface area contributed by atoms with Crippen LogP contribution in [0.25, 0.3) is 5.69 Å². The van der Waals surface area contributed by atoms with E-state index in [1.807, 2.05) is 30.3 Å². The van der Waals surface area contributed by atoms with E-state index >= 15 is 0 Å². The molecule has 84 valence electrons. The molecule has 2 aromatic heterocycles. The van der Waals surface area contributed by atoms with Gasteiger partial charge in [-0.2, -0.15) is 9.90 Å². The second-order valence-corrected chi connectivity index (χ2v) is 3.35. The lowest BCUT2D eigenvalue weighted by molar-refractivity contribution is 0.763. The van der Waals surface area contributed by atoms with Crippen LogP contribution in [0.1, 0.15) is 11.6 Å². The first-order chi connectivity index (χ1) is 8.43. The molecule has 0 bridgehead atoms. The number of hydrogen-bond donors (Lipinski definition) is 1. The Bertz CT molecular complexity index is 585. The van der Waals surface area contributed by atoms with Crippen molar-refractivity contribution in [3.63, 3.8) is 0 Å². The van der Waals surface area contributed by atoms with Crippen molar-refractivity contribution in [3.05, 3.63) is 42.0 Å². The lowest BCUT2D eigenvalue weighted by Crippen LogP contribution is -2.04. The Morgan fingerprint density at radius 1 is 1.12 bits per heavy atom. The van der Waals surface area contributed by atoms with Crippen molar-refractivity contribution in [1.82, 2.24) is 40.8 Å². The number of aromatic nitrogens is 8. The van der Waals surface area contributed by atoms with E-state index < -0.39 is 0 Å². The Kier molecular flexibility index (Phi) is 2.30. The van der Waals surface area contributed by atoms with Crippen LogP contribution in [-0.2, 0) is 6.42 Å². The molecule has 0 saturated heterocycles. The van der Waals surface area contributed by atoms with Gasteiger partial charge in [-0.3, -0.25) is 0 Å². The highest BCUT2D eigenvalue weighted by Crippen LogP contribution is 2.08. The van der Waals surface area contributed by atoms with Gasteiger partial charge in [-0.05, 0) is 22.6 Å². The fourth-order valence-corrected chi connectivity index (χ4v) is 1.48. The van der Waals surface area contributed by atoms with E-state index in [1.165, 1.54) is 0 Å². The zero-order chi connectivity index (χ0) is 11.5. The number of nitrogens with one attached hydrogen (secondary N) is 1. The zero-order valence-corrected chi connectivity index (χ0v) is 8.72. The molecule has 0 spiro atoms. The Hall–Kier alpha value is -2.64. The smallest absolute Gasteiger partial charge is 0.182 e. The van der Waals surface area contributed by atoms with Gasteiger partial charge in [-0.15, -0.1) is 15.3 Å². The Morgan fingerprint density at radius 2 is 2.00 bits per heavy atom. The van der Waals surface area contributed by atoms with Crippen molar-refractivity contribution in [1.29, 1.82) is 0 Å². The third-order valence-corrected chi connectivity index (χ3v) is 2.24. The highest BCUT2D eigenvalue weighted by Gasteiger charge is 2.10. The summed E-state index contributed by atoms with van der Waals surface area (Å²) in [5.41, 5.74) is 0.899. The molecule has 0 fully saturated rings. The minimum atomic E-state index is 0.429. The summed E-state index contributed by atoms with van der Waals surface area (Å²) in [5, 5.41) is 25.2. The van der Waals surface area contributed by atoms with Crippen molar-refractivity contribution in [2.45, 2.75) is 6.42 Å². The van der Waals surface area contributed by atoms with Gasteiger partial charge in [0, 0.05) is 0 Å². The van der Waals surface area contributed by atoms with Crippen molar-refractivity contribution < 1.29 is 0 Å². The normalized spacial score (nSPS) is 10.6. The number of rotatable bonds is 3. The van der Waals surface area contributed by atoms with Crippen molar-refractivity contribution in [3.8, 4) is 5.69 Å². The maximum absolute atomic E-state index is 3.95. The number of hydrogen-bond acceptors (Lipinski definition) is 6. The molecule has 0 amide bonds. The first-order valence-corrected chi connectivity index (χ1v) is 4.98. The largest absolute Gasteiger partial charge is 0.197 e. The van der Waals surface area contributed by atoms with Crippen LogP contribution in [-0.4, -0.2) is 40.8 Å². The summed E-state index contributed by atoms with van der Waals surface area (Å²) in [6.07, 6.45) is 0.429. The number of para-hydroxylation sites is 1. The fraction of sp³-hybridized carbons (Fsp3) is 0.111. The molecule has 2 heterocycles. The number of benzene rings is 1. The summed E-state index contributed by atoms with van der Waals surface area (Å²) in [4.78, 5) is 0. The molecule has 0 atom stereocenters. The van der Waals surface area contributed by atoms with Gasteiger partial charge in [0.25, 0.3) is 0 Å². The predicted octanol–water partition coefficient (Wildman–Crippen LogP) is -0.234. The second kappa shape index (κ2) is 4.08. The first-order valence-electron chi connectivity index (χ1n) is 4.98. The zero-order valence-electron chi connectivity index (χ0n) is 8.72. The SMILES string of the molecule is c1ccc(-n2nnnc2Cc2nn[nH]n2)cc1. The molecule has 8 heteroatoms. The van der Waals surface area contributed by atoms with Gasteiger partial charge in [-0.1, -0.05) is 23.4 Å². The van der Waals surface area contributed by atoms with E-state index in [9.17, 15) is 0 Å². The Labute approximate surface area is 95.7 Å². The molecule has 1 N–H and O–H groups in total. The Balaban J connectivity index is 1.95. The van der Waals surface area contributed by atoms with E-state index in [-0.39, 0.29) is 0 Å². The number of nitrogens with zero attached hydrogens (tertiary/aromatic N) is 7. The van der Waals surface area contributed by atoms with Gasteiger partial charge in [0.05, 0.1) is 12.1 Å². The van der Waals surface area contributed by atoms with Crippen LogP contribution in [0.3, 0.4) is 0 Å². The van der Waals surface area contributed by atoms with Crippen LogP contribution < -0.4 is 0 Å². The maximum Gasteiger partial charge on any atom is 0.182 e. The van der Waals surface area contributed by atoms with Crippen molar-refractivity contribution in [2.75, 3.05) is 0 Å². The highest BCUT2D eigenvalue weighted by atomic mass is 15.5. The molecule has 0 saturated carbocycles. The summed E-state index contributed by atoms with van der Waals surface area (Å²) in [6.45, 7) is 0. The third kappa shape index (κ3) is 1.87. The standard InChI is InChI=1S/C9H8N8/c1-2-4-7(5-3-1)17-9(12-15-16-17)6-8-10-13-14-11-8/h1-5H,6H2,(H,10,11,13,14). The monoisotopic (exact) mass is 228 g/mol. The van der Waals surface area contributed by atoms with Gasteiger partial charge in [0.1, 0.15) is 0 Å². The summed E-state index contributed by atoms with van der Waals surface area (Å²) < 4.78 is 1.65. The molecule has 3 aromatic rings. The molecule has 0 aliphatic heterocycles. The van der Waals surface area contributed by atoms with Crippen LogP contribution in [0.4, 0.5) is 0 Å². The van der Waals surface area contributed by atoms with E-state index in [1.54, 1.807) is 4.68 Å². The molecule has 0 unspecified atom stereocenters. The van der Waals surface area contributed by atoms with E-state index in [0.717, 1.165) is 5.69 Å². The van der Waals surface area contributed by atoms with Crippen LogP contribution in [0.2, 0.25) is 0 Å². The van der Waals surface area contributed by atoms with E-state index in [2.05, 4.69) is 36.1 Å². The van der Waals surface area contributed by atoms with Gasteiger partial charge >= 0.3 is 0 Å². The van der Waals surface area contributed by atoms with Gasteiger partial charge < -0.3 is 0 Å². The third-order valence-electron chi connectivity index (χ3n) is 2.24. The summed E-state index contributed by atoms with van der Waals surface area (Å²) in [6, 6.07) is 9.64. The topological polar surface area (TPSA) is 98.1 Å². The van der Waals surface area contributed by atoms with E-state index in [0.29, 0.717) is 18.1 Å². The molecule has 17 heavy (non-hydrogen) atoms. The maximum atomic E-state index is 3.95. The van der Waals surface area contributed by atoms with Crippen LogP contribution in [0.5, 0.6) is 0 Å². The second-order valence-electron chi connectivity index (χ2n) is 3.35. The molecule has 8 nitrogen and oxygen atoms in total. The predicted molar refractivity (Wildman–Crippen MR) is 56.1 cm³/mol. The minimum absolute atomic E-state index is 0.429. The minimum Gasteiger partial charge on any atom is -0.197 e. The van der Waals surface area contributed by atoms with Crippen LogP contribution >= 0.6 is 0 Å². The summed E-state index contributed by atoms with van der Waals surface area (Å²) in [7, 11) is 0. The van der Waals surface area contributed by atoms with E-state index in [4.69, 9.17) is 0 Å². The van der Waals surface area contributed by atoms with Gasteiger partial charge in [-0.25, -0.2) is 0 Å². The molecule has 0 aliphatic carbocycles. The van der Waals surface area contributed by atoms with Crippen molar-refractivity contribution in [2.24, 2.45) is 0 Å². The number of aromatic amines is 1. The number of tetrazole rings is 2. The molecular formula is C9H8N8. The molecular weight excluding hydrogens is 220 g/mol. The molecule has 0 aliphatic rings. The van der Waals surface area contributed by atoms with Crippen LogP contribution in [0.15, 0.2) is 30.3 Å². The summed E-state index contributed by atoms with van der Waals surface area (Å²) >= 11 is 0. The highest BCUT2D eigenvalue weighted by molar-refractivity contribution is 5.30. The summed E-state index contributed by atoms with van der Waals surface area (Å²) in [5.74, 6) is 1.22. The lowest BCUT2D eigenvalue weighted by Gasteiger charge is -2.01. The molecule has 3 rings (SSSR count). The first kappa shape index (κ1) is 9.58. The van der Waals surface area contributed by atoms with Gasteiger partial charge in [0.15, 0.2) is 11.6 Å². The van der Waals surface area contributed by atoms with Gasteiger partial charge in [0.2, 0.25) is 0 Å². The average Bonchev–Trinajstić information content (AvgIpc) is 3.02. The molecule has 0 radical (unpaired) electrons. The quantitative estimate of drug-likeness (QED) is 0.664. The average molecular weight is 228 g/mol. The Morgan fingerprint density at radius 3 is 2.76 bits per heavy atom. The molecule has 1 aromatic carbocycles. The number of H-pyrrole nitrogens is 1.